The molecule has 1 aliphatic rings. The van der Waals surface area contributed by atoms with E-state index in [0.717, 1.165) is 18.3 Å². The molecule has 2 heteroatoms. The van der Waals surface area contributed by atoms with Crippen molar-refractivity contribution in [2.45, 2.75) is 62.0 Å². The van der Waals surface area contributed by atoms with E-state index in [1.807, 2.05) is 0 Å². The van der Waals surface area contributed by atoms with Crippen LogP contribution in [0.2, 0.25) is 0 Å². The van der Waals surface area contributed by atoms with Gasteiger partial charge in [0.1, 0.15) is 0 Å². The monoisotopic (exact) mass is 277 g/mol. The molecule has 0 radical (unpaired) electrons. The molecule has 0 heterocycles. The second-order valence-corrected chi connectivity index (χ2v) is 6.85. The minimum absolute atomic E-state index is 0.869. The van der Waals surface area contributed by atoms with Crippen LogP contribution in [-0.4, -0.2) is 18.3 Å². The Morgan fingerprint density at radius 1 is 1.11 bits per heavy atom. The van der Waals surface area contributed by atoms with Gasteiger partial charge in [-0.25, -0.2) is 0 Å². The minimum Gasteiger partial charge on any atom is -0.317 e. The van der Waals surface area contributed by atoms with E-state index < -0.39 is 0 Å². The molecule has 2 rings (SSSR count). The van der Waals surface area contributed by atoms with E-state index in [-0.39, 0.29) is 0 Å². The lowest BCUT2D eigenvalue weighted by Crippen LogP contribution is -2.14. The van der Waals surface area contributed by atoms with E-state index in [4.69, 9.17) is 0 Å². The fraction of sp³-hybridized carbons (Fsp3) is 0.647. The van der Waals surface area contributed by atoms with Crippen LogP contribution in [-0.2, 0) is 6.42 Å². The SMILES string of the molecule is CCNCCCc1ccc(SC2CCCCC2)cc1. The van der Waals surface area contributed by atoms with Gasteiger partial charge < -0.3 is 5.32 Å². The van der Waals surface area contributed by atoms with Gasteiger partial charge in [0.15, 0.2) is 0 Å². The van der Waals surface area contributed by atoms with Gasteiger partial charge in [0, 0.05) is 10.1 Å². The van der Waals surface area contributed by atoms with E-state index in [9.17, 15) is 0 Å². The normalized spacial score (nSPS) is 16.7. The molecule has 106 valence electrons. The third-order valence-corrected chi connectivity index (χ3v) is 5.20. The summed E-state index contributed by atoms with van der Waals surface area (Å²) >= 11 is 2.09. The zero-order valence-electron chi connectivity index (χ0n) is 12.2. The zero-order valence-corrected chi connectivity index (χ0v) is 13.0. The maximum Gasteiger partial charge on any atom is 0.00944 e. The van der Waals surface area contributed by atoms with Crippen molar-refractivity contribution >= 4 is 11.8 Å². The zero-order chi connectivity index (χ0) is 13.3. The molecule has 0 atom stereocenters. The van der Waals surface area contributed by atoms with Crippen LogP contribution >= 0.6 is 11.8 Å². The Balaban J connectivity index is 1.74. The van der Waals surface area contributed by atoms with Crippen LogP contribution in [0.15, 0.2) is 29.2 Å². The smallest absolute Gasteiger partial charge is 0.00944 e. The molecule has 0 aromatic heterocycles. The molecule has 1 saturated carbocycles. The summed E-state index contributed by atoms with van der Waals surface area (Å²) in [6.45, 7) is 4.38. The predicted octanol–water partition coefficient (Wildman–Crippen LogP) is 4.65. The highest BCUT2D eigenvalue weighted by Gasteiger charge is 2.14. The first-order chi connectivity index (χ1) is 9.38. The molecular weight excluding hydrogens is 250 g/mol. The lowest BCUT2D eigenvalue weighted by Gasteiger charge is -2.20. The summed E-state index contributed by atoms with van der Waals surface area (Å²) in [5.41, 5.74) is 1.48. The lowest BCUT2D eigenvalue weighted by molar-refractivity contribution is 0.516. The second-order valence-electron chi connectivity index (χ2n) is 5.48. The topological polar surface area (TPSA) is 12.0 Å². The van der Waals surface area contributed by atoms with Crippen LogP contribution in [0.1, 0.15) is 51.0 Å². The van der Waals surface area contributed by atoms with Crippen LogP contribution in [0.3, 0.4) is 0 Å². The Hall–Kier alpha value is -0.470. The molecule has 1 aromatic rings. The molecule has 0 aliphatic heterocycles. The highest BCUT2D eigenvalue weighted by atomic mass is 32.2. The van der Waals surface area contributed by atoms with Crippen molar-refractivity contribution in [2.75, 3.05) is 13.1 Å². The summed E-state index contributed by atoms with van der Waals surface area (Å²) in [4.78, 5) is 1.46. The number of rotatable bonds is 7. The summed E-state index contributed by atoms with van der Waals surface area (Å²) < 4.78 is 0. The number of benzene rings is 1. The van der Waals surface area contributed by atoms with Crippen LogP contribution in [0.25, 0.3) is 0 Å². The fourth-order valence-electron chi connectivity index (χ4n) is 2.70. The Morgan fingerprint density at radius 2 is 1.84 bits per heavy atom. The van der Waals surface area contributed by atoms with Gasteiger partial charge in [0.05, 0.1) is 0 Å². The second kappa shape index (κ2) is 8.65. The van der Waals surface area contributed by atoms with Crippen LogP contribution in [0.4, 0.5) is 0 Å². The van der Waals surface area contributed by atoms with Gasteiger partial charge in [0.2, 0.25) is 0 Å². The van der Waals surface area contributed by atoms with Crippen LogP contribution in [0.5, 0.6) is 0 Å². The Morgan fingerprint density at radius 3 is 2.53 bits per heavy atom. The molecule has 19 heavy (non-hydrogen) atoms. The molecule has 0 amide bonds. The van der Waals surface area contributed by atoms with Gasteiger partial charge >= 0.3 is 0 Å². The lowest BCUT2D eigenvalue weighted by atomic mass is 10.0. The average Bonchev–Trinajstić information content (AvgIpc) is 2.46. The number of nitrogens with one attached hydrogen (secondary N) is 1. The van der Waals surface area contributed by atoms with Crippen molar-refractivity contribution in [3.8, 4) is 0 Å². The van der Waals surface area contributed by atoms with Crippen molar-refractivity contribution in [3.05, 3.63) is 29.8 Å². The molecule has 0 spiro atoms. The first-order valence-corrected chi connectivity index (χ1v) is 8.73. The summed E-state index contributed by atoms with van der Waals surface area (Å²) in [6.07, 6.45) is 9.57. The molecule has 1 fully saturated rings. The van der Waals surface area contributed by atoms with Gasteiger partial charge in [-0.3, -0.25) is 0 Å². The minimum atomic E-state index is 0.869. The van der Waals surface area contributed by atoms with Gasteiger partial charge in [-0.15, -0.1) is 11.8 Å². The fourth-order valence-corrected chi connectivity index (χ4v) is 3.95. The van der Waals surface area contributed by atoms with Gasteiger partial charge in [0.25, 0.3) is 0 Å². The maximum absolute atomic E-state index is 3.38. The highest BCUT2D eigenvalue weighted by Crippen LogP contribution is 2.33. The maximum atomic E-state index is 3.38. The van der Waals surface area contributed by atoms with Crippen LogP contribution in [0, 0.1) is 0 Å². The van der Waals surface area contributed by atoms with Gasteiger partial charge in [-0.2, -0.15) is 0 Å². The first-order valence-electron chi connectivity index (χ1n) is 7.85. The van der Waals surface area contributed by atoms with Crippen molar-refractivity contribution in [3.63, 3.8) is 0 Å². The van der Waals surface area contributed by atoms with Gasteiger partial charge in [-0.1, -0.05) is 38.3 Å². The Labute approximate surface area is 122 Å². The predicted molar refractivity (Wildman–Crippen MR) is 86.0 cm³/mol. The Bertz CT molecular complexity index is 341. The highest BCUT2D eigenvalue weighted by molar-refractivity contribution is 8.00. The third kappa shape index (κ3) is 5.58. The molecule has 1 N–H and O–H groups in total. The third-order valence-electron chi connectivity index (χ3n) is 3.85. The molecule has 0 bridgehead atoms. The molecule has 1 aliphatic carbocycles. The van der Waals surface area contributed by atoms with E-state index in [0.29, 0.717) is 0 Å². The summed E-state index contributed by atoms with van der Waals surface area (Å²) in [5, 5.41) is 4.25. The van der Waals surface area contributed by atoms with Gasteiger partial charge in [-0.05, 0) is 56.5 Å². The first kappa shape index (κ1) is 14.9. The molecular formula is C17H27NS. The van der Waals surface area contributed by atoms with E-state index in [1.165, 1.54) is 55.4 Å². The number of hydrogen-bond donors (Lipinski definition) is 1. The van der Waals surface area contributed by atoms with Crippen molar-refractivity contribution < 1.29 is 0 Å². The number of aryl methyl sites for hydroxylation is 1. The molecule has 1 aromatic carbocycles. The average molecular weight is 277 g/mol. The van der Waals surface area contributed by atoms with E-state index in [1.54, 1.807) is 0 Å². The summed E-state index contributed by atoms with van der Waals surface area (Å²) in [5.74, 6) is 0. The summed E-state index contributed by atoms with van der Waals surface area (Å²) in [7, 11) is 0. The van der Waals surface area contributed by atoms with Crippen LogP contribution < -0.4 is 5.32 Å². The number of thioether (sulfide) groups is 1. The van der Waals surface area contributed by atoms with Crippen molar-refractivity contribution in [2.24, 2.45) is 0 Å². The number of hydrogen-bond acceptors (Lipinski definition) is 2. The molecule has 1 nitrogen and oxygen atoms in total. The van der Waals surface area contributed by atoms with Crippen molar-refractivity contribution in [1.29, 1.82) is 0 Å². The standard InChI is InChI=1S/C17H27NS/c1-2-18-14-6-7-15-10-12-17(13-11-15)19-16-8-4-3-5-9-16/h10-13,16,18H,2-9,14H2,1H3. The Kier molecular flexibility index (Phi) is 6.80. The summed E-state index contributed by atoms with van der Waals surface area (Å²) in [6, 6.07) is 9.28. The largest absolute Gasteiger partial charge is 0.317 e. The van der Waals surface area contributed by atoms with E-state index >= 15 is 0 Å². The molecule has 0 saturated heterocycles. The van der Waals surface area contributed by atoms with E-state index in [2.05, 4.69) is 48.3 Å². The quantitative estimate of drug-likeness (QED) is 0.728. The molecule has 0 unspecified atom stereocenters. The van der Waals surface area contributed by atoms with Crippen molar-refractivity contribution in [1.82, 2.24) is 5.32 Å².